The van der Waals surface area contributed by atoms with E-state index in [1.54, 1.807) is 7.11 Å². The number of nitrogens with zero attached hydrogens (tertiary/aromatic N) is 1. The molecule has 6 nitrogen and oxygen atoms in total. The van der Waals surface area contributed by atoms with Crippen molar-refractivity contribution in [3.8, 4) is 11.5 Å². The second-order valence-electron chi connectivity index (χ2n) is 5.21. The van der Waals surface area contributed by atoms with Gasteiger partial charge < -0.3 is 24.8 Å². The zero-order chi connectivity index (χ0) is 18.5. The molecule has 0 heterocycles. The lowest BCUT2D eigenvalue weighted by Crippen LogP contribution is -2.38. The van der Waals surface area contributed by atoms with Gasteiger partial charge in [-0.3, -0.25) is 0 Å². The maximum atomic E-state index is 6.30. The van der Waals surface area contributed by atoms with Crippen LogP contribution < -0.4 is 20.1 Å². The molecule has 2 N–H and O–H groups in total. The highest BCUT2D eigenvalue weighted by molar-refractivity contribution is 14.0. The Balaban J connectivity index is 0.00000625. The predicted octanol–water partition coefficient (Wildman–Crippen LogP) is 3.85. The van der Waals surface area contributed by atoms with Crippen LogP contribution in [-0.4, -0.2) is 46.0 Å². The number of rotatable bonds is 11. The molecule has 26 heavy (non-hydrogen) atoms. The van der Waals surface area contributed by atoms with Gasteiger partial charge in [0.1, 0.15) is 0 Å². The molecule has 0 amide bonds. The Hall–Kier alpha value is -0.930. The van der Waals surface area contributed by atoms with Crippen molar-refractivity contribution in [3.63, 3.8) is 0 Å². The van der Waals surface area contributed by atoms with Crippen LogP contribution in [0.4, 0.5) is 0 Å². The standard InChI is InChI=1S/C18H30ClN3O3.HI/c1-5-20-18(21-9-8-10-24-6-2)22-13-14-11-15(19)17(25-7-3)16(12-14)23-4;/h11-12H,5-10,13H2,1-4H3,(H2,20,21,22);1H. The van der Waals surface area contributed by atoms with Crippen molar-refractivity contribution < 1.29 is 14.2 Å². The Kier molecular flexibility index (Phi) is 14.6. The van der Waals surface area contributed by atoms with E-state index in [4.69, 9.17) is 25.8 Å². The summed E-state index contributed by atoms with van der Waals surface area (Å²) >= 11 is 6.30. The van der Waals surface area contributed by atoms with Crippen molar-refractivity contribution in [1.29, 1.82) is 0 Å². The molecule has 0 fully saturated rings. The minimum absolute atomic E-state index is 0. The van der Waals surface area contributed by atoms with Crippen LogP contribution in [0.1, 0.15) is 32.8 Å². The molecule has 0 aliphatic carbocycles. The predicted molar refractivity (Wildman–Crippen MR) is 119 cm³/mol. The minimum Gasteiger partial charge on any atom is -0.493 e. The summed E-state index contributed by atoms with van der Waals surface area (Å²) in [4.78, 5) is 4.59. The average molecular weight is 500 g/mol. The lowest BCUT2D eigenvalue weighted by atomic mass is 10.2. The Bertz CT molecular complexity index is 545. The largest absolute Gasteiger partial charge is 0.493 e. The Morgan fingerprint density at radius 2 is 1.92 bits per heavy atom. The zero-order valence-corrected chi connectivity index (χ0v) is 19.1. The summed E-state index contributed by atoms with van der Waals surface area (Å²) in [7, 11) is 1.60. The van der Waals surface area contributed by atoms with E-state index in [0.717, 1.165) is 44.2 Å². The smallest absolute Gasteiger partial charge is 0.191 e. The van der Waals surface area contributed by atoms with Crippen molar-refractivity contribution in [2.45, 2.75) is 33.7 Å². The van der Waals surface area contributed by atoms with Crippen LogP contribution in [0.3, 0.4) is 0 Å². The van der Waals surface area contributed by atoms with E-state index < -0.39 is 0 Å². The number of methoxy groups -OCH3 is 1. The number of benzene rings is 1. The van der Waals surface area contributed by atoms with E-state index in [9.17, 15) is 0 Å². The molecule has 0 aliphatic rings. The van der Waals surface area contributed by atoms with Crippen molar-refractivity contribution in [1.82, 2.24) is 10.6 Å². The average Bonchev–Trinajstić information content (AvgIpc) is 2.61. The van der Waals surface area contributed by atoms with Crippen molar-refractivity contribution in [3.05, 3.63) is 22.7 Å². The van der Waals surface area contributed by atoms with Crippen LogP contribution in [-0.2, 0) is 11.3 Å². The molecule has 0 aliphatic heterocycles. The van der Waals surface area contributed by atoms with Gasteiger partial charge in [0, 0.05) is 26.3 Å². The van der Waals surface area contributed by atoms with Crippen LogP contribution >= 0.6 is 35.6 Å². The normalized spacial score (nSPS) is 10.9. The number of aliphatic imine (C=N–C) groups is 1. The van der Waals surface area contributed by atoms with Crippen molar-refractivity contribution in [2.75, 3.05) is 40.0 Å². The van der Waals surface area contributed by atoms with Gasteiger partial charge in [-0.15, -0.1) is 24.0 Å². The van der Waals surface area contributed by atoms with E-state index in [1.165, 1.54) is 0 Å². The minimum atomic E-state index is 0. The number of ether oxygens (including phenoxy) is 3. The number of hydrogen-bond donors (Lipinski definition) is 2. The van der Waals surface area contributed by atoms with Gasteiger partial charge in [-0.05, 0) is 44.9 Å². The first-order valence-corrected chi connectivity index (χ1v) is 9.13. The number of nitrogens with one attached hydrogen (secondary N) is 2. The summed E-state index contributed by atoms with van der Waals surface area (Å²) in [6.45, 7) is 10.1. The maximum Gasteiger partial charge on any atom is 0.191 e. The first kappa shape index (κ1) is 25.1. The molecule has 0 saturated carbocycles. The summed E-state index contributed by atoms with van der Waals surface area (Å²) in [6, 6.07) is 3.76. The van der Waals surface area contributed by atoms with Gasteiger partial charge in [0.05, 0.1) is 25.3 Å². The first-order valence-electron chi connectivity index (χ1n) is 8.75. The van der Waals surface area contributed by atoms with Crippen LogP contribution in [0.5, 0.6) is 11.5 Å². The molecule has 0 spiro atoms. The molecule has 1 aromatic rings. The third-order valence-electron chi connectivity index (χ3n) is 3.30. The number of halogens is 2. The Morgan fingerprint density at radius 1 is 1.15 bits per heavy atom. The van der Waals surface area contributed by atoms with Gasteiger partial charge in [0.2, 0.25) is 0 Å². The van der Waals surface area contributed by atoms with Crippen molar-refractivity contribution in [2.24, 2.45) is 4.99 Å². The molecule has 1 aromatic carbocycles. The van der Waals surface area contributed by atoms with Gasteiger partial charge in [-0.2, -0.15) is 0 Å². The van der Waals surface area contributed by atoms with Crippen LogP contribution in [0.25, 0.3) is 0 Å². The number of guanidine groups is 1. The van der Waals surface area contributed by atoms with Gasteiger partial charge in [0.25, 0.3) is 0 Å². The van der Waals surface area contributed by atoms with Crippen molar-refractivity contribution >= 4 is 41.5 Å². The van der Waals surface area contributed by atoms with E-state index in [-0.39, 0.29) is 24.0 Å². The molecular formula is C18H31ClIN3O3. The quantitative estimate of drug-likeness (QED) is 0.210. The van der Waals surface area contributed by atoms with Gasteiger partial charge >= 0.3 is 0 Å². The highest BCUT2D eigenvalue weighted by atomic mass is 127. The fraction of sp³-hybridized carbons (Fsp3) is 0.611. The summed E-state index contributed by atoms with van der Waals surface area (Å²) in [5.74, 6) is 1.96. The Labute approximate surface area is 179 Å². The van der Waals surface area contributed by atoms with Gasteiger partial charge in [-0.1, -0.05) is 11.6 Å². The summed E-state index contributed by atoms with van der Waals surface area (Å²) in [6.07, 6.45) is 0.932. The molecule has 0 saturated heterocycles. The topological polar surface area (TPSA) is 64.1 Å². The summed E-state index contributed by atoms with van der Waals surface area (Å²) in [5.41, 5.74) is 0.955. The van der Waals surface area contributed by atoms with Gasteiger partial charge in [0.15, 0.2) is 17.5 Å². The SMILES string of the molecule is CCNC(=NCc1cc(Cl)c(OCC)c(OC)c1)NCCCOCC.I. The zero-order valence-electron chi connectivity index (χ0n) is 16.1. The third-order valence-corrected chi connectivity index (χ3v) is 3.58. The molecule has 0 aromatic heterocycles. The fourth-order valence-electron chi connectivity index (χ4n) is 2.19. The van der Waals surface area contributed by atoms with Gasteiger partial charge in [-0.25, -0.2) is 4.99 Å². The van der Waals surface area contributed by atoms with E-state index in [1.807, 2.05) is 32.9 Å². The van der Waals surface area contributed by atoms with E-state index in [2.05, 4.69) is 15.6 Å². The Morgan fingerprint density at radius 3 is 2.54 bits per heavy atom. The molecule has 0 unspecified atom stereocenters. The van der Waals surface area contributed by atoms with Crippen LogP contribution in [0.2, 0.25) is 5.02 Å². The lowest BCUT2D eigenvalue weighted by molar-refractivity contribution is 0.145. The monoisotopic (exact) mass is 499 g/mol. The molecular weight excluding hydrogens is 469 g/mol. The molecule has 0 atom stereocenters. The van der Waals surface area contributed by atoms with E-state index >= 15 is 0 Å². The molecule has 8 heteroatoms. The van der Waals surface area contributed by atoms with Crippen LogP contribution in [0.15, 0.2) is 17.1 Å². The highest BCUT2D eigenvalue weighted by Gasteiger charge is 2.11. The fourth-order valence-corrected chi connectivity index (χ4v) is 2.47. The number of hydrogen-bond acceptors (Lipinski definition) is 4. The maximum absolute atomic E-state index is 6.30. The van der Waals surface area contributed by atoms with Crippen LogP contribution in [0, 0.1) is 0 Å². The molecule has 0 radical (unpaired) electrons. The summed E-state index contributed by atoms with van der Waals surface area (Å²) < 4.78 is 16.2. The molecule has 1 rings (SSSR count). The third kappa shape index (κ3) is 9.14. The molecule has 150 valence electrons. The lowest BCUT2D eigenvalue weighted by Gasteiger charge is -2.14. The first-order chi connectivity index (χ1) is 12.2. The second-order valence-corrected chi connectivity index (χ2v) is 5.62. The second kappa shape index (κ2) is 15.2. The highest BCUT2D eigenvalue weighted by Crippen LogP contribution is 2.36. The van der Waals surface area contributed by atoms with E-state index in [0.29, 0.717) is 29.7 Å². The summed E-state index contributed by atoms with van der Waals surface area (Å²) in [5, 5.41) is 7.05. The molecule has 0 bridgehead atoms.